The first-order valence-corrected chi connectivity index (χ1v) is 4.63. The fourth-order valence-corrected chi connectivity index (χ4v) is 1.48. The molecule has 0 aliphatic carbocycles. The normalized spacial score (nSPS) is 10.9. The summed E-state index contributed by atoms with van der Waals surface area (Å²) in [6.07, 6.45) is 5.17. The van der Waals surface area contributed by atoms with Crippen LogP contribution < -0.4 is 5.73 Å². The van der Waals surface area contributed by atoms with Gasteiger partial charge in [-0.1, -0.05) is 0 Å². The smallest absolute Gasteiger partial charge is 0.113 e. The minimum atomic E-state index is 0.192. The molecule has 0 atom stereocenters. The minimum absolute atomic E-state index is 0.192. The van der Waals surface area contributed by atoms with Crippen LogP contribution in [0.25, 0.3) is 5.52 Å². The lowest BCUT2D eigenvalue weighted by Crippen LogP contribution is -1.98. The van der Waals surface area contributed by atoms with Crippen LogP contribution in [0.3, 0.4) is 0 Å². The number of nitrogens with zero attached hydrogens (tertiary/aromatic N) is 2. The zero-order valence-electron chi connectivity index (χ0n) is 7.85. The van der Waals surface area contributed by atoms with Crippen LogP contribution in [0.15, 0.2) is 24.5 Å². The van der Waals surface area contributed by atoms with Crippen molar-refractivity contribution in [3.8, 4) is 0 Å². The van der Waals surface area contributed by atoms with Crippen LogP contribution in [0, 0.1) is 0 Å². The lowest BCUT2D eigenvalue weighted by molar-refractivity contribution is 0.287. The van der Waals surface area contributed by atoms with Crippen molar-refractivity contribution in [2.75, 3.05) is 12.3 Å². The van der Waals surface area contributed by atoms with Crippen molar-refractivity contribution in [2.24, 2.45) is 0 Å². The maximum Gasteiger partial charge on any atom is 0.113 e. The molecule has 0 radical (unpaired) electrons. The van der Waals surface area contributed by atoms with Gasteiger partial charge in [-0.3, -0.25) is 0 Å². The third kappa shape index (κ3) is 1.56. The van der Waals surface area contributed by atoms with Crippen molar-refractivity contribution in [3.63, 3.8) is 0 Å². The van der Waals surface area contributed by atoms with Crippen molar-refractivity contribution >= 4 is 11.2 Å². The summed E-state index contributed by atoms with van der Waals surface area (Å²) in [5.74, 6) is 0.946. The van der Waals surface area contributed by atoms with E-state index in [0.29, 0.717) is 0 Å². The number of aromatic nitrogens is 2. The Morgan fingerprint density at radius 2 is 2.29 bits per heavy atom. The van der Waals surface area contributed by atoms with Gasteiger partial charge in [-0.2, -0.15) is 0 Å². The van der Waals surface area contributed by atoms with Gasteiger partial charge in [0.15, 0.2) is 0 Å². The van der Waals surface area contributed by atoms with E-state index in [1.54, 1.807) is 0 Å². The average Bonchev–Trinajstić information content (AvgIpc) is 2.57. The molecular weight excluding hydrogens is 178 g/mol. The van der Waals surface area contributed by atoms with Crippen LogP contribution in [0.1, 0.15) is 12.2 Å². The molecule has 3 N–H and O–H groups in total. The van der Waals surface area contributed by atoms with Crippen LogP contribution in [-0.2, 0) is 6.42 Å². The largest absolute Gasteiger partial charge is 0.398 e. The summed E-state index contributed by atoms with van der Waals surface area (Å²) in [5.41, 5.74) is 7.44. The van der Waals surface area contributed by atoms with Gasteiger partial charge < -0.3 is 15.2 Å². The summed E-state index contributed by atoms with van der Waals surface area (Å²) in [5, 5.41) is 8.73. The zero-order valence-corrected chi connectivity index (χ0v) is 7.85. The van der Waals surface area contributed by atoms with E-state index in [4.69, 9.17) is 10.8 Å². The Labute approximate surface area is 82.0 Å². The Hall–Kier alpha value is -1.55. The highest BCUT2D eigenvalue weighted by Gasteiger charge is 2.02. The molecule has 0 spiro atoms. The highest BCUT2D eigenvalue weighted by Crippen LogP contribution is 2.11. The highest BCUT2D eigenvalue weighted by atomic mass is 16.2. The molecule has 2 heterocycles. The Morgan fingerprint density at radius 3 is 3.07 bits per heavy atom. The Bertz CT molecular complexity index is 436. The van der Waals surface area contributed by atoms with Gasteiger partial charge in [-0.25, -0.2) is 4.98 Å². The molecule has 0 unspecified atom stereocenters. The summed E-state index contributed by atoms with van der Waals surface area (Å²) in [6, 6.07) is 3.79. The maximum atomic E-state index is 8.73. The number of nitrogen functional groups attached to an aromatic ring is 1. The molecule has 0 aliphatic heterocycles. The first-order chi connectivity index (χ1) is 6.81. The second-order valence-corrected chi connectivity index (χ2v) is 3.26. The molecule has 0 amide bonds. The van der Waals surface area contributed by atoms with Gasteiger partial charge in [0.2, 0.25) is 0 Å². The molecule has 4 nitrogen and oxygen atoms in total. The number of rotatable bonds is 3. The van der Waals surface area contributed by atoms with Crippen LogP contribution >= 0.6 is 0 Å². The lowest BCUT2D eigenvalue weighted by atomic mass is 10.3. The molecule has 0 saturated carbocycles. The van der Waals surface area contributed by atoms with Crippen LogP contribution in [0.2, 0.25) is 0 Å². The molecule has 74 valence electrons. The second-order valence-electron chi connectivity index (χ2n) is 3.26. The Morgan fingerprint density at radius 1 is 1.43 bits per heavy atom. The van der Waals surface area contributed by atoms with Crippen molar-refractivity contribution in [1.82, 2.24) is 9.38 Å². The van der Waals surface area contributed by atoms with Crippen LogP contribution in [0.4, 0.5) is 5.69 Å². The monoisotopic (exact) mass is 191 g/mol. The standard InChI is InChI=1S/C10H13N3O/c11-8-3-4-9-6-12-10(2-1-5-14)13(9)7-8/h3-4,6-7,14H,1-2,5,11H2. The molecule has 0 aromatic carbocycles. The van der Waals surface area contributed by atoms with E-state index in [-0.39, 0.29) is 6.61 Å². The molecule has 0 bridgehead atoms. The summed E-state index contributed by atoms with van der Waals surface area (Å²) >= 11 is 0. The lowest BCUT2D eigenvalue weighted by Gasteiger charge is -2.00. The molecule has 2 aromatic rings. The van der Waals surface area contributed by atoms with Gasteiger partial charge in [0, 0.05) is 24.9 Å². The Balaban J connectivity index is 2.40. The SMILES string of the molecule is Nc1ccc2cnc(CCCO)n2c1. The number of fused-ring (bicyclic) bond motifs is 1. The summed E-state index contributed by atoms with van der Waals surface area (Å²) in [7, 11) is 0. The number of aliphatic hydroxyl groups is 1. The number of hydrogen-bond acceptors (Lipinski definition) is 3. The van der Waals surface area contributed by atoms with Crippen LogP contribution in [0.5, 0.6) is 0 Å². The quantitative estimate of drug-likeness (QED) is 0.755. The number of anilines is 1. The van der Waals surface area contributed by atoms with Gasteiger partial charge in [0.1, 0.15) is 5.82 Å². The molecule has 2 aromatic heterocycles. The fourth-order valence-electron chi connectivity index (χ4n) is 1.48. The molecular formula is C10H13N3O. The van der Waals surface area contributed by atoms with Crippen molar-refractivity contribution in [1.29, 1.82) is 0 Å². The van der Waals surface area contributed by atoms with E-state index in [1.165, 1.54) is 0 Å². The number of aryl methyl sites for hydroxylation is 1. The predicted octanol–water partition coefficient (Wildman–Crippen LogP) is 0.841. The van der Waals surface area contributed by atoms with E-state index < -0.39 is 0 Å². The molecule has 0 fully saturated rings. The topological polar surface area (TPSA) is 63.5 Å². The van der Waals surface area contributed by atoms with Crippen molar-refractivity contribution in [2.45, 2.75) is 12.8 Å². The van der Waals surface area contributed by atoms with E-state index in [9.17, 15) is 0 Å². The Kier molecular flexibility index (Phi) is 2.37. The predicted molar refractivity (Wildman–Crippen MR) is 55.0 cm³/mol. The molecule has 2 rings (SSSR count). The third-order valence-electron chi connectivity index (χ3n) is 2.19. The maximum absolute atomic E-state index is 8.73. The molecule has 0 aliphatic rings. The fraction of sp³-hybridized carbons (Fsp3) is 0.300. The summed E-state index contributed by atoms with van der Waals surface area (Å²) < 4.78 is 1.96. The first kappa shape index (κ1) is 9.02. The zero-order chi connectivity index (χ0) is 9.97. The number of aliphatic hydroxyl groups excluding tert-OH is 1. The highest BCUT2D eigenvalue weighted by molar-refractivity contribution is 5.52. The first-order valence-electron chi connectivity index (χ1n) is 4.63. The number of imidazole rings is 1. The minimum Gasteiger partial charge on any atom is -0.398 e. The van der Waals surface area contributed by atoms with Gasteiger partial charge >= 0.3 is 0 Å². The number of hydrogen-bond donors (Lipinski definition) is 2. The third-order valence-corrected chi connectivity index (χ3v) is 2.19. The number of nitrogens with two attached hydrogens (primary N) is 1. The van der Waals surface area contributed by atoms with Gasteiger partial charge in [-0.05, 0) is 18.6 Å². The van der Waals surface area contributed by atoms with E-state index in [2.05, 4.69) is 4.98 Å². The van der Waals surface area contributed by atoms with Crippen LogP contribution in [-0.4, -0.2) is 21.1 Å². The van der Waals surface area contributed by atoms with E-state index in [1.807, 2.05) is 28.9 Å². The average molecular weight is 191 g/mol. The van der Waals surface area contributed by atoms with E-state index in [0.717, 1.165) is 29.9 Å². The van der Waals surface area contributed by atoms with E-state index >= 15 is 0 Å². The van der Waals surface area contributed by atoms with Crippen molar-refractivity contribution < 1.29 is 5.11 Å². The molecule has 0 saturated heterocycles. The van der Waals surface area contributed by atoms with Gasteiger partial charge in [-0.15, -0.1) is 0 Å². The van der Waals surface area contributed by atoms with Gasteiger partial charge in [0.25, 0.3) is 0 Å². The number of pyridine rings is 1. The summed E-state index contributed by atoms with van der Waals surface area (Å²) in [6.45, 7) is 0.192. The molecule has 4 heteroatoms. The summed E-state index contributed by atoms with van der Waals surface area (Å²) in [4.78, 5) is 4.27. The van der Waals surface area contributed by atoms with Crippen molar-refractivity contribution in [3.05, 3.63) is 30.4 Å². The molecule has 14 heavy (non-hydrogen) atoms. The second kappa shape index (κ2) is 3.67. The van der Waals surface area contributed by atoms with Gasteiger partial charge in [0.05, 0.1) is 11.7 Å².